The molecule has 0 spiro atoms. The zero-order valence-corrected chi connectivity index (χ0v) is 19.0. The van der Waals surface area contributed by atoms with E-state index in [1.807, 2.05) is 0 Å². The predicted octanol–water partition coefficient (Wildman–Crippen LogP) is 3.21. The first-order valence-corrected chi connectivity index (χ1v) is 10.9. The Morgan fingerprint density at radius 1 is 1.20 bits per heavy atom. The minimum atomic E-state index is -1.26. The number of nitrogens with zero attached hydrogens (tertiary/aromatic N) is 3. The SMILES string of the molecule is N#CCOc1ccc(-c2cnc(C(=O)Nc3ccc(C(=O)N4CCNCC4)c(Cl)c3)[nH]2)c(F)c1F. The number of hydrogen-bond acceptors (Lipinski definition) is 6. The summed E-state index contributed by atoms with van der Waals surface area (Å²) in [5.74, 6) is -3.87. The Morgan fingerprint density at radius 3 is 2.69 bits per heavy atom. The van der Waals surface area contributed by atoms with Crippen molar-refractivity contribution in [1.29, 1.82) is 5.26 Å². The molecule has 2 aromatic carbocycles. The molecule has 35 heavy (non-hydrogen) atoms. The molecule has 0 bridgehead atoms. The van der Waals surface area contributed by atoms with Crippen LogP contribution in [0.3, 0.4) is 0 Å². The van der Waals surface area contributed by atoms with Crippen LogP contribution in [0.4, 0.5) is 14.5 Å². The number of halogens is 3. The summed E-state index contributed by atoms with van der Waals surface area (Å²) >= 11 is 6.29. The van der Waals surface area contributed by atoms with Gasteiger partial charge in [0, 0.05) is 37.4 Å². The van der Waals surface area contributed by atoms with Gasteiger partial charge in [0.2, 0.25) is 5.82 Å². The smallest absolute Gasteiger partial charge is 0.291 e. The monoisotopic (exact) mass is 500 g/mol. The first-order chi connectivity index (χ1) is 16.9. The van der Waals surface area contributed by atoms with E-state index in [-0.39, 0.29) is 28.0 Å². The number of ether oxygens (including phenoxy) is 1. The lowest BCUT2D eigenvalue weighted by Gasteiger charge is -2.27. The van der Waals surface area contributed by atoms with Gasteiger partial charge in [-0.15, -0.1) is 0 Å². The molecule has 1 saturated heterocycles. The summed E-state index contributed by atoms with van der Waals surface area (Å²) in [7, 11) is 0. The number of nitrogens with one attached hydrogen (secondary N) is 3. The highest BCUT2D eigenvalue weighted by Gasteiger charge is 2.22. The van der Waals surface area contributed by atoms with E-state index in [2.05, 4.69) is 20.6 Å². The molecule has 4 rings (SSSR count). The number of carbonyl (C=O) groups excluding carboxylic acids is 2. The standard InChI is InChI=1S/C23H19ClF2N6O3/c24-16-11-13(1-2-14(16)23(34)32-8-6-28-7-9-32)30-22(33)21-29-12-17(31-21)15-3-4-18(35-10-5-27)20(26)19(15)25/h1-4,11-12,28H,6-10H2,(H,29,31)(H,30,33). The third kappa shape index (κ3) is 5.24. The fourth-order valence-corrected chi connectivity index (χ4v) is 3.79. The van der Waals surface area contributed by atoms with Crippen molar-refractivity contribution in [2.24, 2.45) is 0 Å². The molecule has 1 fully saturated rings. The van der Waals surface area contributed by atoms with E-state index in [1.54, 1.807) is 11.0 Å². The number of H-pyrrole nitrogens is 1. The normalized spacial score (nSPS) is 13.3. The number of hydrogen-bond donors (Lipinski definition) is 3. The maximum atomic E-state index is 14.5. The van der Waals surface area contributed by atoms with Crippen LogP contribution in [-0.4, -0.2) is 59.5 Å². The Bertz CT molecular complexity index is 1320. The Hall–Kier alpha value is -4.01. The van der Waals surface area contributed by atoms with Gasteiger partial charge in [-0.05, 0) is 30.3 Å². The molecular weight excluding hydrogens is 482 g/mol. The quantitative estimate of drug-likeness (QED) is 0.477. The molecule has 0 atom stereocenters. The number of aromatic nitrogens is 2. The molecule has 2 heterocycles. The lowest BCUT2D eigenvalue weighted by Crippen LogP contribution is -2.46. The van der Waals surface area contributed by atoms with Crippen molar-refractivity contribution in [1.82, 2.24) is 20.2 Å². The van der Waals surface area contributed by atoms with Gasteiger partial charge in [0.25, 0.3) is 11.8 Å². The topological polar surface area (TPSA) is 123 Å². The van der Waals surface area contributed by atoms with Gasteiger partial charge in [0.1, 0.15) is 6.07 Å². The highest BCUT2D eigenvalue weighted by atomic mass is 35.5. The van der Waals surface area contributed by atoms with E-state index in [9.17, 15) is 18.4 Å². The minimum absolute atomic E-state index is 0.0633. The zero-order valence-electron chi connectivity index (χ0n) is 18.2. The number of benzene rings is 2. The van der Waals surface area contributed by atoms with Gasteiger partial charge < -0.3 is 25.3 Å². The number of amides is 2. The van der Waals surface area contributed by atoms with Gasteiger partial charge in [0.15, 0.2) is 24.0 Å². The van der Waals surface area contributed by atoms with Crippen LogP contribution in [0.25, 0.3) is 11.3 Å². The maximum absolute atomic E-state index is 14.5. The third-order valence-corrected chi connectivity index (χ3v) is 5.59. The second-order valence-electron chi connectivity index (χ2n) is 7.52. The Balaban J connectivity index is 1.47. The fraction of sp³-hybridized carbons (Fsp3) is 0.217. The number of anilines is 1. The van der Waals surface area contributed by atoms with Gasteiger partial charge in [-0.3, -0.25) is 9.59 Å². The van der Waals surface area contributed by atoms with Crippen LogP contribution in [0.15, 0.2) is 36.5 Å². The summed E-state index contributed by atoms with van der Waals surface area (Å²) in [5, 5.41) is 14.5. The van der Waals surface area contributed by atoms with E-state index in [1.165, 1.54) is 36.5 Å². The number of piperazine rings is 1. The largest absolute Gasteiger partial charge is 0.476 e. The van der Waals surface area contributed by atoms with E-state index in [0.29, 0.717) is 37.4 Å². The van der Waals surface area contributed by atoms with Gasteiger partial charge in [-0.1, -0.05) is 11.6 Å². The molecule has 0 aliphatic carbocycles. The van der Waals surface area contributed by atoms with Crippen LogP contribution in [0, 0.1) is 23.0 Å². The molecule has 1 aliphatic rings. The van der Waals surface area contributed by atoms with Gasteiger partial charge in [-0.2, -0.15) is 9.65 Å². The zero-order chi connectivity index (χ0) is 24.9. The van der Waals surface area contributed by atoms with E-state index >= 15 is 0 Å². The molecule has 3 N–H and O–H groups in total. The van der Waals surface area contributed by atoms with Crippen molar-refractivity contribution in [3.8, 4) is 23.1 Å². The molecule has 12 heteroatoms. The summed E-state index contributed by atoms with van der Waals surface area (Å²) in [6.45, 7) is 2.14. The molecule has 180 valence electrons. The Labute approximate surface area is 203 Å². The number of rotatable bonds is 6. The first kappa shape index (κ1) is 24.1. The van der Waals surface area contributed by atoms with Crippen LogP contribution in [-0.2, 0) is 0 Å². The number of imidazole rings is 1. The summed E-state index contributed by atoms with van der Waals surface area (Å²) in [4.78, 5) is 33.6. The predicted molar refractivity (Wildman–Crippen MR) is 123 cm³/mol. The number of aromatic amines is 1. The molecule has 9 nitrogen and oxygen atoms in total. The van der Waals surface area contributed by atoms with Crippen molar-refractivity contribution < 1.29 is 23.1 Å². The van der Waals surface area contributed by atoms with Crippen LogP contribution in [0.2, 0.25) is 5.02 Å². The highest BCUT2D eigenvalue weighted by molar-refractivity contribution is 6.34. The lowest BCUT2D eigenvalue weighted by atomic mass is 10.1. The van der Waals surface area contributed by atoms with Crippen molar-refractivity contribution >= 4 is 29.1 Å². The molecule has 0 unspecified atom stereocenters. The van der Waals surface area contributed by atoms with Crippen molar-refractivity contribution in [3.63, 3.8) is 0 Å². The third-order valence-electron chi connectivity index (χ3n) is 5.28. The number of nitriles is 1. The number of carbonyl (C=O) groups is 2. The molecule has 1 aromatic heterocycles. The molecule has 2 amide bonds. The van der Waals surface area contributed by atoms with Crippen LogP contribution in [0.5, 0.6) is 5.75 Å². The highest BCUT2D eigenvalue weighted by Crippen LogP contribution is 2.29. The molecule has 0 radical (unpaired) electrons. The van der Waals surface area contributed by atoms with Gasteiger partial charge in [0.05, 0.1) is 22.5 Å². The van der Waals surface area contributed by atoms with E-state index in [0.717, 1.165) is 0 Å². The first-order valence-electron chi connectivity index (χ1n) is 10.5. The van der Waals surface area contributed by atoms with Crippen molar-refractivity contribution in [2.75, 3.05) is 38.1 Å². The summed E-state index contributed by atoms with van der Waals surface area (Å²) in [6.07, 6.45) is 1.19. The average Bonchev–Trinajstić information content (AvgIpc) is 3.35. The van der Waals surface area contributed by atoms with Crippen LogP contribution in [0.1, 0.15) is 21.0 Å². The van der Waals surface area contributed by atoms with Crippen molar-refractivity contribution in [3.05, 3.63) is 64.6 Å². The molecular formula is C23H19ClF2N6O3. The average molecular weight is 501 g/mol. The van der Waals surface area contributed by atoms with Crippen LogP contribution < -0.4 is 15.4 Å². The second-order valence-corrected chi connectivity index (χ2v) is 7.93. The van der Waals surface area contributed by atoms with Gasteiger partial charge in [-0.25, -0.2) is 9.37 Å². The summed E-state index contributed by atoms with van der Waals surface area (Å²) in [5.41, 5.74) is 0.545. The van der Waals surface area contributed by atoms with Gasteiger partial charge >= 0.3 is 0 Å². The molecule has 1 aliphatic heterocycles. The molecule has 3 aromatic rings. The Kier molecular flexibility index (Phi) is 7.24. The summed E-state index contributed by atoms with van der Waals surface area (Å²) in [6, 6.07) is 8.62. The molecule has 0 saturated carbocycles. The lowest BCUT2D eigenvalue weighted by molar-refractivity contribution is 0.0736. The second kappa shape index (κ2) is 10.5. The van der Waals surface area contributed by atoms with E-state index in [4.69, 9.17) is 21.6 Å². The van der Waals surface area contributed by atoms with E-state index < -0.39 is 29.9 Å². The maximum Gasteiger partial charge on any atom is 0.291 e. The van der Waals surface area contributed by atoms with Crippen LogP contribution >= 0.6 is 11.6 Å². The Morgan fingerprint density at radius 2 is 1.97 bits per heavy atom. The fourth-order valence-electron chi connectivity index (χ4n) is 3.53. The van der Waals surface area contributed by atoms with Crippen molar-refractivity contribution in [2.45, 2.75) is 0 Å². The summed E-state index contributed by atoms with van der Waals surface area (Å²) < 4.78 is 33.5. The minimum Gasteiger partial charge on any atom is -0.476 e.